The molecule has 132 valence electrons. The highest BCUT2D eigenvalue weighted by atomic mass is 19.2. The molecule has 1 aromatic rings. The van der Waals surface area contributed by atoms with Crippen molar-refractivity contribution in [1.29, 1.82) is 5.26 Å². The molecule has 0 bridgehead atoms. The molecule has 2 rings (SSSR count). The maximum absolute atomic E-state index is 14.2. The van der Waals surface area contributed by atoms with Crippen LogP contribution in [0.1, 0.15) is 18.4 Å². The molecular weight excluding hydrogens is 351 g/mol. The van der Waals surface area contributed by atoms with Crippen molar-refractivity contribution in [3.05, 3.63) is 57.4 Å². The SMILES string of the molecule is COC(=O)C1=C(C)OC(N)=C(C#N)[C@H]1c1c(F)c(F)c(F)c(F)c1F. The van der Waals surface area contributed by atoms with Gasteiger partial charge in [0.05, 0.1) is 18.6 Å². The molecule has 0 radical (unpaired) electrons. The van der Waals surface area contributed by atoms with E-state index >= 15 is 0 Å². The van der Waals surface area contributed by atoms with Gasteiger partial charge in [-0.25, -0.2) is 26.7 Å². The van der Waals surface area contributed by atoms with Crippen LogP contribution in [0.2, 0.25) is 0 Å². The number of nitrogens with two attached hydrogens (primary N) is 1. The fourth-order valence-corrected chi connectivity index (χ4v) is 2.42. The molecule has 1 aliphatic heterocycles. The van der Waals surface area contributed by atoms with Gasteiger partial charge < -0.3 is 15.2 Å². The number of carbonyl (C=O) groups excluding carboxylic acids is 1. The van der Waals surface area contributed by atoms with Gasteiger partial charge in [-0.3, -0.25) is 0 Å². The molecule has 5 nitrogen and oxygen atoms in total. The van der Waals surface area contributed by atoms with Crippen molar-refractivity contribution in [1.82, 2.24) is 0 Å². The van der Waals surface area contributed by atoms with E-state index in [-0.39, 0.29) is 5.76 Å². The van der Waals surface area contributed by atoms with Crippen LogP contribution in [0.25, 0.3) is 0 Å². The minimum atomic E-state index is -2.37. The van der Waals surface area contributed by atoms with Crippen LogP contribution in [0.15, 0.2) is 22.8 Å². The molecule has 2 N–H and O–H groups in total. The highest BCUT2D eigenvalue weighted by Gasteiger charge is 2.41. The Balaban J connectivity index is 2.92. The van der Waals surface area contributed by atoms with E-state index in [1.165, 1.54) is 6.07 Å². The number of allylic oxidation sites excluding steroid dienone is 2. The molecule has 0 unspecified atom stereocenters. The van der Waals surface area contributed by atoms with Crippen LogP contribution in [0.5, 0.6) is 0 Å². The summed E-state index contributed by atoms with van der Waals surface area (Å²) in [7, 11) is 0.923. The third kappa shape index (κ3) is 2.67. The average molecular weight is 360 g/mol. The van der Waals surface area contributed by atoms with E-state index in [2.05, 4.69) is 4.74 Å². The van der Waals surface area contributed by atoms with Crippen molar-refractivity contribution in [2.24, 2.45) is 5.73 Å². The number of methoxy groups -OCH3 is 1. The number of esters is 1. The molecule has 10 heteroatoms. The van der Waals surface area contributed by atoms with Gasteiger partial charge in [0.25, 0.3) is 0 Å². The predicted molar refractivity (Wildman–Crippen MR) is 71.6 cm³/mol. The van der Waals surface area contributed by atoms with Gasteiger partial charge in [-0.15, -0.1) is 0 Å². The average Bonchev–Trinajstić information content (AvgIpc) is 2.58. The van der Waals surface area contributed by atoms with Gasteiger partial charge in [-0.1, -0.05) is 0 Å². The van der Waals surface area contributed by atoms with E-state index in [4.69, 9.17) is 10.5 Å². The topological polar surface area (TPSA) is 85.3 Å². The van der Waals surface area contributed by atoms with E-state index in [9.17, 15) is 32.0 Å². The Labute approximate surface area is 137 Å². The molecule has 0 saturated heterocycles. The second kappa shape index (κ2) is 6.43. The monoisotopic (exact) mass is 360 g/mol. The van der Waals surface area contributed by atoms with Gasteiger partial charge in [0.15, 0.2) is 23.3 Å². The summed E-state index contributed by atoms with van der Waals surface area (Å²) < 4.78 is 78.1. The first-order valence-corrected chi connectivity index (χ1v) is 6.55. The van der Waals surface area contributed by atoms with Gasteiger partial charge in [-0.05, 0) is 6.92 Å². The summed E-state index contributed by atoms with van der Waals surface area (Å²) in [5.74, 6) is -15.3. The zero-order chi connectivity index (χ0) is 19.0. The fraction of sp³-hybridized carbons (Fsp3) is 0.200. The molecule has 0 aromatic heterocycles. The van der Waals surface area contributed by atoms with Crippen LogP contribution in [-0.4, -0.2) is 13.1 Å². The van der Waals surface area contributed by atoms with Crippen molar-refractivity contribution >= 4 is 5.97 Å². The van der Waals surface area contributed by atoms with Crippen LogP contribution >= 0.6 is 0 Å². The van der Waals surface area contributed by atoms with Crippen LogP contribution in [0.3, 0.4) is 0 Å². The van der Waals surface area contributed by atoms with E-state index in [1.54, 1.807) is 0 Å². The number of nitrogens with zero attached hydrogens (tertiary/aromatic N) is 1. The Morgan fingerprint density at radius 2 is 1.60 bits per heavy atom. The first-order valence-electron chi connectivity index (χ1n) is 6.55. The third-order valence-electron chi connectivity index (χ3n) is 3.54. The zero-order valence-electron chi connectivity index (χ0n) is 12.7. The second-order valence-corrected chi connectivity index (χ2v) is 4.87. The lowest BCUT2D eigenvalue weighted by molar-refractivity contribution is -0.136. The maximum Gasteiger partial charge on any atom is 0.338 e. The molecule has 0 saturated carbocycles. The molecule has 1 atom stereocenters. The molecule has 0 spiro atoms. The van der Waals surface area contributed by atoms with E-state index in [1.807, 2.05) is 0 Å². The minimum Gasteiger partial charge on any atom is -0.466 e. The summed E-state index contributed by atoms with van der Waals surface area (Å²) in [6.07, 6.45) is 0. The van der Waals surface area contributed by atoms with Gasteiger partial charge in [0.2, 0.25) is 11.7 Å². The summed E-state index contributed by atoms with van der Waals surface area (Å²) in [4.78, 5) is 11.9. The van der Waals surface area contributed by atoms with Crippen molar-refractivity contribution in [3.8, 4) is 6.07 Å². The maximum atomic E-state index is 14.2. The van der Waals surface area contributed by atoms with E-state index < -0.39 is 63.6 Å². The molecule has 0 fully saturated rings. The lowest BCUT2D eigenvalue weighted by Gasteiger charge is -2.27. The predicted octanol–water partition coefficient (Wildman–Crippen LogP) is 2.64. The van der Waals surface area contributed by atoms with Gasteiger partial charge in [-0.2, -0.15) is 5.26 Å². The summed E-state index contributed by atoms with van der Waals surface area (Å²) in [5.41, 5.74) is 2.74. The molecule has 1 heterocycles. The smallest absolute Gasteiger partial charge is 0.338 e. The first kappa shape index (κ1) is 18.3. The summed E-state index contributed by atoms with van der Waals surface area (Å²) in [5, 5.41) is 9.18. The van der Waals surface area contributed by atoms with Crippen LogP contribution in [-0.2, 0) is 14.3 Å². The number of hydrogen-bond acceptors (Lipinski definition) is 5. The fourth-order valence-electron chi connectivity index (χ4n) is 2.42. The standard InChI is InChI=1S/C15H9F5N2O3/c1-4-6(15(23)24-2)7(5(3-21)14(22)25-4)8-9(16)11(18)13(20)12(19)10(8)17/h7H,22H2,1-2H3/t7-/m1/s1. The van der Waals surface area contributed by atoms with Gasteiger partial charge >= 0.3 is 5.97 Å². The lowest BCUT2D eigenvalue weighted by atomic mass is 9.82. The number of carbonyl (C=O) groups is 1. The highest BCUT2D eigenvalue weighted by molar-refractivity contribution is 5.92. The minimum absolute atomic E-state index is 0.308. The van der Waals surface area contributed by atoms with E-state index in [0.717, 1.165) is 14.0 Å². The summed E-state index contributed by atoms with van der Waals surface area (Å²) in [6, 6.07) is 1.46. The van der Waals surface area contributed by atoms with Gasteiger partial charge in [0.1, 0.15) is 17.4 Å². The summed E-state index contributed by atoms with van der Waals surface area (Å²) >= 11 is 0. The Hall–Kier alpha value is -3.09. The molecular formula is C15H9F5N2O3. The molecule has 1 aliphatic rings. The first-order chi connectivity index (χ1) is 11.7. The van der Waals surface area contributed by atoms with Crippen LogP contribution in [0, 0.1) is 40.4 Å². The highest BCUT2D eigenvalue weighted by Crippen LogP contribution is 2.42. The van der Waals surface area contributed by atoms with E-state index in [0.29, 0.717) is 0 Å². The number of nitriles is 1. The molecule has 0 amide bonds. The number of ether oxygens (including phenoxy) is 2. The van der Waals surface area contributed by atoms with Crippen LogP contribution in [0.4, 0.5) is 22.0 Å². The second-order valence-electron chi connectivity index (χ2n) is 4.87. The van der Waals surface area contributed by atoms with Crippen molar-refractivity contribution in [2.75, 3.05) is 7.11 Å². The number of rotatable bonds is 2. The third-order valence-corrected chi connectivity index (χ3v) is 3.54. The normalized spacial score (nSPS) is 17.3. The largest absolute Gasteiger partial charge is 0.466 e. The molecule has 25 heavy (non-hydrogen) atoms. The zero-order valence-corrected chi connectivity index (χ0v) is 12.7. The number of benzene rings is 1. The van der Waals surface area contributed by atoms with Crippen molar-refractivity contribution in [3.63, 3.8) is 0 Å². The molecule has 0 aliphatic carbocycles. The number of halogens is 5. The Kier molecular flexibility index (Phi) is 4.69. The van der Waals surface area contributed by atoms with Crippen molar-refractivity contribution in [2.45, 2.75) is 12.8 Å². The quantitative estimate of drug-likeness (QED) is 0.379. The Morgan fingerprint density at radius 3 is 2.04 bits per heavy atom. The Bertz CT molecular complexity index is 857. The summed E-state index contributed by atoms with van der Waals surface area (Å²) in [6.45, 7) is 1.16. The molecule has 1 aromatic carbocycles. The van der Waals surface area contributed by atoms with Crippen molar-refractivity contribution < 1.29 is 36.2 Å². The van der Waals surface area contributed by atoms with Crippen LogP contribution < -0.4 is 5.73 Å². The van der Waals surface area contributed by atoms with Gasteiger partial charge in [0, 0.05) is 5.56 Å². The number of hydrogen-bond donors (Lipinski definition) is 1. The lowest BCUT2D eigenvalue weighted by Crippen LogP contribution is -2.27. The Morgan fingerprint density at radius 1 is 1.12 bits per heavy atom.